The lowest BCUT2D eigenvalue weighted by Gasteiger charge is -2.24. The number of fused-ring (bicyclic) bond motifs is 2. The van der Waals surface area contributed by atoms with Crippen LogP contribution >= 0.6 is 23.1 Å². The number of hydrogen-bond acceptors (Lipinski definition) is 6. The van der Waals surface area contributed by atoms with Gasteiger partial charge in [0.25, 0.3) is 5.56 Å². The standard InChI is InChI=1S/C25H26N4O2S2/c1-16(23-26-20-13-7-8-14-21(20)33-23)28(2)22(30)15-32-25-27-19-12-6-5-11-18(19)24(31)29(25)17-9-3-4-10-17/h5-8,11-14,16-17H,3-4,9-10,15H2,1-2H3. The number of para-hydroxylation sites is 2. The Morgan fingerprint density at radius 2 is 1.82 bits per heavy atom. The van der Waals surface area contributed by atoms with Crippen LogP contribution in [-0.4, -0.2) is 38.1 Å². The summed E-state index contributed by atoms with van der Waals surface area (Å²) < 4.78 is 2.96. The molecule has 1 amide bonds. The number of benzene rings is 2. The molecule has 170 valence electrons. The van der Waals surface area contributed by atoms with Crippen LogP contribution < -0.4 is 5.56 Å². The molecule has 4 aromatic rings. The monoisotopic (exact) mass is 478 g/mol. The largest absolute Gasteiger partial charge is 0.336 e. The molecule has 1 aliphatic carbocycles. The van der Waals surface area contributed by atoms with Crippen molar-refractivity contribution in [2.75, 3.05) is 12.8 Å². The van der Waals surface area contributed by atoms with E-state index in [9.17, 15) is 9.59 Å². The summed E-state index contributed by atoms with van der Waals surface area (Å²) in [6, 6.07) is 15.5. The lowest BCUT2D eigenvalue weighted by Crippen LogP contribution is -2.32. The van der Waals surface area contributed by atoms with Crippen molar-refractivity contribution in [2.45, 2.75) is 49.8 Å². The molecule has 5 rings (SSSR count). The fourth-order valence-electron chi connectivity index (χ4n) is 4.39. The summed E-state index contributed by atoms with van der Waals surface area (Å²) in [6.07, 6.45) is 4.21. The van der Waals surface area contributed by atoms with Crippen LogP contribution in [0.1, 0.15) is 49.7 Å². The molecule has 0 bridgehead atoms. The Morgan fingerprint density at radius 3 is 2.58 bits per heavy atom. The zero-order valence-electron chi connectivity index (χ0n) is 18.7. The number of thioether (sulfide) groups is 1. The fourth-order valence-corrected chi connectivity index (χ4v) is 6.44. The van der Waals surface area contributed by atoms with Gasteiger partial charge < -0.3 is 4.90 Å². The summed E-state index contributed by atoms with van der Waals surface area (Å²) in [5.41, 5.74) is 1.64. The third kappa shape index (κ3) is 4.29. The highest BCUT2D eigenvalue weighted by Gasteiger charge is 2.25. The van der Waals surface area contributed by atoms with E-state index in [4.69, 9.17) is 9.97 Å². The van der Waals surface area contributed by atoms with E-state index < -0.39 is 0 Å². The van der Waals surface area contributed by atoms with Crippen LogP contribution in [0.2, 0.25) is 0 Å². The van der Waals surface area contributed by atoms with E-state index in [0.717, 1.165) is 40.9 Å². The maximum Gasteiger partial charge on any atom is 0.262 e. The van der Waals surface area contributed by atoms with Gasteiger partial charge in [-0.3, -0.25) is 14.2 Å². The van der Waals surface area contributed by atoms with Gasteiger partial charge in [0, 0.05) is 13.1 Å². The minimum absolute atomic E-state index is 0.00125. The number of carbonyl (C=O) groups excluding carboxylic acids is 1. The first kappa shape index (κ1) is 22.1. The summed E-state index contributed by atoms with van der Waals surface area (Å²) >= 11 is 2.98. The van der Waals surface area contributed by atoms with Gasteiger partial charge in [0.2, 0.25) is 5.91 Å². The van der Waals surface area contributed by atoms with Gasteiger partial charge in [-0.1, -0.05) is 48.9 Å². The van der Waals surface area contributed by atoms with Crippen LogP contribution in [0.4, 0.5) is 0 Å². The maximum atomic E-state index is 13.3. The molecule has 2 heterocycles. The molecule has 0 radical (unpaired) electrons. The van der Waals surface area contributed by atoms with Crippen LogP contribution in [-0.2, 0) is 4.79 Å². The number of nitrogens with zero attached hydrogens (tertiary/aromatic N) is 4. The number of amides is 1. The van der Waals surface area contributed by atoms with Crippen LogP contribution in [0.15, 0.2) is 58.5 Å². The van der Waals surface area contributed by atoms with Crippen LogP contribution in [0, 0.1) is 0 Å². The summed E-state index contributed by atoms with van der Waals surface area (Å²) in [5.74, 6) is 0.218. The quantitative estimate of drug-likeness (QED) is 0.273. The van der Waals surface area contributed by atoms with E-state index in [2.05, 4.69) is 6.07 Å². The number of rotatable bonds is 6. The molecular weight excluding hydrogens is 452 g/mol. The molecule has 0 N–H and O–H groups in total. The average molecular weight is 479 g/mol. The van der Waals surface area contributed by atoms with Crippen molar-refractivity contribution in [2.24, 2.45) is 0 Å². The average Bonchev–Trinajstić information content (AvgIpc) is 3.51. The van der Waals surface area contributed by atoms with Crippen molar-refractivity contribution in [1.82, 2.24) is 19.4 Å². The summed E-state index contributed by atoms with van der Waals surface area (Å²) in [7, 11) is 1.82. The zero-order chi connectivity index (χ0) is 22.9. The number of hydrogen-bond donors (Lipinski definition) is 0. The molecule has 1 aliphatic rings. The number of thiazole rings is 1. The number of aromatic nitrogens is 3. The Morgan fingerprint density at radius 1 is 1.12 bits per heavy atom. The van der Waals surface area contributed by atoms with Crippen LogP contribution in [0.5, 0.6) is 0 Å². The molecule has 33 heavy (non-hydrogen) atoms. The first-order valence-corrected chi connectivity index (χ1v) is 13.1. The Labute approximate surface area is 200 Å². The fraction of sp³-hybridized carbons (Fsp3) is 0.360. The zero-order valence-corrected chi connectivity index (χ0v) is 20.4. The Balaban J connectivity index is 1.37. The van der Waals surface area contributed by atoms with Crippen LogP contribution in [0.25, 0.3) is 21.1 Å². The van der Waals surface area contributed by atoms with Crippen molar-refractivity contribution in [1.29, 1.82) is 0 Å². The first-order valence-electron chi connectivity index (χ1n) is 11.3. The van der Waals surface area contributed by atoms with Crippen molar-refractivity contribution in [3.8, 4) is 0 Å². The van der Waals surface area contributed by atoms with Crippen molar-refractivity contribution >= 4 is 50.1 Å². The summed E-state index contributed by atoms with van der Waals surface area (Å²) in [6.45, 7) is 2.00. The lowest BCUT2D eigenvalue weighted by atomic mass is 10.2. The molecule has 1 fully saturated rings. The second-order valence-electron chi connectivity index (χ2n) is 8.51. The second kappa shape index (κ2) is 9.27. The van der Waals surface area contributed by atoms with Gasteiger partial charge in [0.15, 0.2) is 5.16 Å². The minimum atomic E-state index is -0.128. The van der Waals surface area contributed by atoms with E-state index in [1.165, 1.54) is 11.8 Å². The Kier molecular flexibility index (Phi) is 6.21. The molecule has 2 aromatic carbocycles. The second-order valence-corrected chi connectivity index (χ2v) is 10.5. The highest BCUT2D eigenvalue weighted by molar-refractivity contribution is 7.99. The van der Waals surface area contributed by atoms with Gasteiger partial charge in [-0.2, -0.15) is 0 Å². The van der Waals surface area contributed by atoms with Crippen LogP contribution in [0.3, 0.4) is 0 Å². The van der Waals surface area contributed by atoms with Gasteiger partial charge in [-0.25, -0.2) is 9.97 Å². The molecule has 1 saturated carbocycles. The van der Waals surface area contributed by atoms with E-state index in [1.807, 2.05) is 61.0 Å². The predicted molar refractivity (Wildman–Crippen MR) is 135 cm³/mol. The molecule has 8 heteroatoms. The first-order chi connectivity index (χ1) is 16.0. The Hall–Kier alpha value is -2.71. The molecular formula is C25H26N4O2S2. The van der Waals surface area contributed by atoms with E-state index in [-0.39, 0.29) is 29.3 Å². The van der Waals surface area contributed by atoms with Gasteiger partial charge in [0.05, 0.1) is 32.9 Å². The molecule has 1 atom stereocenters. The summed E-state index contributed by atoms with van der Waals surface area (Å²) in [5, 5.41) is 2.20. The third-order valence-electron chi connectivity index (χ3n) is 6.43. The molecule has 0 aliphatic heterocycles. The lowest BCUT2D eigenvalue weighted by molar-refractivity contribution is -0.128. The Bertz CT molecular complexity index is 1340. The normalized spacial score (nSPS) is 15.3. The smallest absolute Gasteiger partial charge is 0.262 e. The minimum Gasteiger partial charge on any atom is -0.336 e. The van der Waals surface area contributed by atoms with Crippen molar-refractivity contribution in [3.63, 3.8) is 0 Å². The summed E-state index contributed by atoms with van der Waals surface area (Å²) in [4.78, 5) is 37.6. The van der Waals surface area contributed by atoms with E-state index in [1.54, 1.807) is 16.2 Å². The van der Waals surface area contributed by atoms with Gasteiger partial charge in [-0.05, 0) is 44.0 Å². The maximum absolute atomic E-state index is 13.3. The van der Waals surface area contributed by atoms with Gasteiger partial charge in [-0.15, -0.1) is 11.3 Å². The number of carbonyl (C=O) groups is 1. The van der Waals surface area contributed by atoms with Crippen molar-refractivity contribution < 1.29 is 4.79 Å². The molecule has 0 saturated heterocycles. The molecule has 6 nitrogen and oxygen atoms in total. The highest BCUT2D eigenvalue weighted by Crippen LogP contribution is 2.33. The third-order valence-corrected chi connectivity index (χ3v) is 8.58. The molecule has 2 aromatic heterocycles. The molecule has 1 unspecified atom stereocenters. The predicted octanol–water partition coefficient (Wildman–Crippen LogP) is 5.43. The molecule has 0 spiro atoms. The topological polar surface area (TPSA) is 68.1 Å². The van der Waals surface area contributed by atoms with Gasteiger partial charge in [0.1, 0.15) is 5.01 Å². The van der Waals surface area contributed by atoms with Gasteiger partial charge >= 0.3 is 0 Å². The highest BCUT2D eigenvalue weighted by atomic mass is 32.2. The van der Waals surface area contributed by atoms with E-state index >= 15 is 0 Å². The van der Waals surface area contributed by atoms with E-state index in [0.29, 0.717) is 16.1 Å². The van der Waals surface area contributed by atoms with Crippen molar-refractivity contribution in [3.05, 3.63) is 63.9 Å². The SMILES string of the molecule is CC(c1nc2ccccc2s1)N(C)C(=O)CSc1nc2ccccc2c(=O)n1C1CCCC1.